The highest BCUT2D eigenvalue weighted by Gasteiger charge is 2.18. The first-order chi connectivity index (χ1) is 8.69. The Kier molecular flexibility index (Phi) is 6.76. The fourth-order valence-electron chi connectivity index (χ4n) is 1.72. The number of hydrogen-bond donors (Lipinski definition) is 0. The molecule has 0 heterocycles. The zero-order valence-corrected chi connectivity index (χ0v) is 11.6. The number of halogens is 1. The van der Waals surface area contributed by atoms with Crippen LogP contribution in [0.15, 0.2) is 24.3 Å². The van der Waals surface area contributed by atoms with Gasteiger partial charge in [0.2, 0.25) is 0 Å². The lowest BCUT2D eigenvalue weighted by Gasteiger charge is -2.12. The molecule has 0 N–H and O–H groups in total. The molecule has 4 heteroatoms. The van der Waals surface area contributed by atoms with Crippen LogP contribution in [0.5, 0.6) is 0 Å². The molecule has 0 bridgehead atoms. The second-order valence-electron chi connectivity index (χ2n) is 3.94. The Hall–Kier alpha value is -1.06. The lowest BCUT2D eigenvalue weighted by Crippen LogP contribution is -2.20. The van der Waals surface area contributed by atoms with E-state index in [2.05, 4.69) is 0 Å². The van der Waals surface area contributed by atoms with Crippen LogP contribution in [0.4, 0.5) is 0 Å². The quantitative estimate of drug-likeness (QED) is 0.564. The summed E-state index contributed by atoms with van der Waals surface area (Å²) in [5.41, 5.74) is 2.23. The molecule has 1 unspecified atom stereocenters. The number of hydrogen-bond acceptors (Lipinski definition) is 3. The van der Waals surface area contributed by atoms with Crippen molar-refractivity contribution in [2.45, 2.75) is 25.1 Å². The molecule has 3 nitrogen and oxygen atoms in total. The SMILES string of the molecule is CCOC(=O)C(Cl)Cc1ccccc1CCOC. The van der Waals surface area contributed by atoms with Crippen molar-refractivity contribution in [1.29, 1.82) is 0 Å². The van der Waals surface area contributed by atoms with Gasteiger partial charge in [-0.3, -0.25) is 4.79 Å². The van der Waals surface area contributed by atoms with Gasteiger partial charge in [-0.05, 0) is 30.9 Å². The Bertz CT molecular complexity index is 379. The summed E-state index contributed by atoms with van der Waals surface area (Å²) in [6.45, 7) is 2.78. The van der Waals surface area contributed by atoms with Gasteiger partial charge >= 0.3 is 5.97 Å². The van der Waals surface area contributed by atoms with E-state index < -0.39 is 5.38 Å². The summed E-state index contributed by atoms with van der Waals surface area (Å²) >= 11 is 6.04. The molecule has 1 atom stereocenters. The third kappa shape index (κ3) is 4.67. The number of benzene rings is 1. The average Bonchev–Trinajstić information content (AvgIpc) is 2.38. The van der Waals surface area contributed by atoms with Crippen LogP contribution < -0.4 is 0 Å². The molecule has 0 saturated carbocycles. The monoisotopic (exact) mass is 270 g/mol. The Morgan fingerprint density at radius 3 is 2.61 bits per heavy atom. The molecule has 0 aliphatic rings. The minimum absolute atomic E-state index is 0.355. The predicted octanol–water partition coefficient (Wildman–Crippen LogP) is 2.59. The maximum absolute atomic E-state index is 11.5. The van der Waals surface area contributed by atoms with Crippen LogP contribution in [0.3, 0.4) is 0 Å². The summed E-state index contributed by atoms with van der Waals surface area (Å²) in [4.78, 5) is 11.5. The first kappa shape index (κ1) is 15.0. The smallest absolute Gasteiger partial charge is 0.324 e. The number of carbonyl (C=O) groups excluding carboxylic acids is 1. The Morgan fingerprint density at radius 2 is 2.00 bits per heavy atom. The zero-order chi connectivity index (χ0) is 13.4. The highest BCUT2D eigenvalue weighted by molar-refractivity contribution is 6.30. The lowest BCUT2D eigenvalue weighted by atomic mass is 10.0. The van der Waals surface area contributed by atoms with Gasteiger partial charge in [0.25, 0.3) is 0 Å². The van der Waals surface area contributed by atoms with E-state index in [0.29, 0.717) is 19.6 Å². The number of methoxy groups -OCH3 is 1. The van der Waals surface area contributed by atoms with Crippen molar-refractivity contribution < 1.29 is 14.3 Å². The first-order valence-corrected chi connectivity index (χ1v) is 6.49. The molecule has 1 aromatic rings. The number of esters is 1. The Morgan fingerprint density at radius 1 is 1.33 bits per heavy atom. The molecule has 0 spiro atoms. The van der Waals surface area contributed by atoms with Crippen molar-refractivity contribution >= 4 is 17.6 Å². The van der Waals surface area contributed by atoms with Gasteiger partial charge in [-0.15, -0.1) is 11.6 Å². The van der Waals surface area contributed by atoms with Gasteiger partial charge in [-0.2, -0.15) is 0 Å². The maximum Gasteiger partial charge on any atom is 0.324 e. The van der Waals surface area contributed by atoms with Gasteiger partial charge in [-0.25, -0.2) is 0 Å². The Labute approximate surface area is 113 Å². The van der Waals surface area contributed by atoms with Crippen molar-refractivity contribution in [3.8, 4) is 0 Å². The zero-order valence-electron chi connectivity index (χ0n) is 10.8. The van der Waals surface area contributed by atoms with E-state index in [1.807, 2.05) is 24.3 Å². The maximum atomic E-state index is 11.5. The van der Waals surface area contributed by atoms with Crippen LogP contribution in [0, 0.1) is 0 Å². The van der Waals surface area contributed by atoms with Gasteiger partial charge in [0.15, 0.2) is 0 Å². The number of rotatable bonds is 7. The predicted molar refractivity (Wildman–Crippen MR) is 72.0 cm³/mol. The first-order valence-electron chi connectivity index (χ1n) is 6.05. The molecule has 0 aromatic heterocycles. The van der Waals surface area contributed by atoms with Gasteiger partial charge in [0.1, 0.15) is 5.38 Å². The number of ether oxygens (including phenoxy) is 2. The third-order valence-electron chi connectivity index (χ3n) is 2.64. The van der Waals surface area contributed by atoms with Gasteiger partial charge in [-0.1, -0.05) is 24.3 Å². The highest BCUT2D eigenvalue weighted by Crippen LogP contribution is 2.15. The van der Waals surface area contributed by atoms with Crippen molar-refractivity contribution in [1.82, 2.24) is 0 Å². The lowest BCUT2D eigenvalue weighted by molar-refractivity contribution is -0.142. The van der Waals surface area contributed by atoms with Gasteiger partial charge in [0, 0.05) is 7.11 Å². The molecular weight excluding hydrogens is 252 g/mol. The molecule has 18 heavy (non-hydrogen) atoms. The van der Waals surface area contributed by atoms with E-state index in [4.69, 9.17) is 21.1 Å². The van der Waals surface area contributed by atoms with Crippen molar-refractivity contribution in [2.24, 2.45) is 0 Å². The van der Waals surface area contributed by atoms with E-state index in [1.165, 1.54) is 0 Å². The molecule has 1 rings (SSSR count). The van der Waals surface area contributed by atoms with Crippen LogP contribution in [-0.2, 0) is 27.1 Å². The minimum atomic E-state index is -0.631. The summed E-state index contributed by atoms with van der Waals surface area (Å²) in [6.07, 6.45) is 1.30. The summed E-state index contributed by atoms with van der Waals surface area (Å²) in [7, 11) is 1.67. The van der Waals surface area contributed by atoms with E-state index >= 15 is 0 Å². The molecule has 0 aliphatic heterocycles. The van der Waals surface area contributed by atoms with E-state index in [9.17, 15) is 4.79 Å². The fraction of sp³-hybridized carbons (Fsp3) is 0.500. The van der Waals surface area contributed by atoms with Crippen molar-refractivity contribution in [2.75, 3.05) is 20.3 Å². The van der Waals surface area contributed by atoms with E-state index in [0.717, 1.165) is 17.5 Å². The summed E-state index contributed by atoms with van der Waals surface area (Å²) in [5, 5.41) is -0.631. The second-order valence-corrected chi connectivity index (χ2v) is 4.46. The second kappa shape index (κ2) is 8.11. The molecule has 0 aliphatic carbocycles. The van der Waals surface area contributed by atoms with Crippen LogP contribution in [-0.4, -0.2) is 31.7 Å². The minimum Gasteiger partial charge on any atom is -0.465 e. The number of carbonyl (C=O) groups is 1. The molecule has 0 amide bonds. The Balaban J connectivity index is 2.68. The highest BCUT2D eigenvalue weighted by atomic mass is 35.5. The van der Waals surface area contributed by atoms with Crippen molar-refractivity contribution in [3.63, 3.8) is 0 Å². The molecule has 0 radical (unpaired) electrons. The van der Waals surface area contributed by atoms with Crippen LogP contribution in [0.1, 0.15) is 18.1 Å². The molecule has 100 valence electrons. The normalized spacial score (nSPS) is 12.2. The van der Waals surface area contributed by atoms with E-state index in [1.54, 1.807) is 14.0 Å². The van der Waals surface area contributed by atoms with Gasteiger partial charge in [0.05, 0.1) is 13.2 Å². The standard InChI is InChI=1S/C14H19ClO3/c1-3-18-14(16)13(15)10-12-7-5-4-6-11(12)8-9-17-2/h4-7,13H,3,8-10H2,1-2H3. The molecule has 1 aromatic carbocycles. The fourth-order valence-corrected chi connectivity index (χ4v) is 1.95. The van der Waals surface area contributed by atoms with Gasteiger partial charge < -0.3 is 9.47 Å². The van der Waals surface area contributed by atoms with Crippen LogP contribution in [0.25, 0.3) is 0 Å². The molecular formula is C14H19ClO3. The largest absolute Gasteiger partial charge is 0.465 e. The van der Waals surface area contributed by atoms with Crippen molar-refractivity contribution in [3.05, 3.63) is 35.4 Å². The summed E-state index contributed by atoms with van der Waals surface area (Å²) < 4.78 is 9.97. The average molecular weight is 271 g/mol. The molecule has 0 saturated heterocycles. The third-order valence-corrected chi connectivity index (χ3v) is 2.97. The van der Waals surface area contributed by atoms with E-state index in [-0.39, 0.29) is 5.97 Å². The number of alkyl halides is 1. The topological polar surface area (TPSA) is 35.5 Å². The van der Waals surface area contributed by atoms with Crippen LogP contribution in [0.2, 0.25) is 0 Å². The molecule has 0 fully saturated rings. The summed E-state index contributed by atoms with van der Waals surface area (Å²) in [5.74, 6) is -0.360. The summed E-state index contributed by atoms with van der Waals surface area (Å²) in [6, 6.07) is 7.94. The van der Waals surface area contributed by atoms with Crippen LogP contribution >= 0.6 is 11.6 Å².